The van der Waals surface area contributed by atoms with Crippen LogP contribution in [0, 0.1) is 0 Å². The molecule has 1 aliphatic heterocycles. The molecule has 0 spiro atoms. The van der Waals surface area contributed by atoms with Gasteiger partial charge in [-0.3, -0.25) is 0 Å². The highest BCUT2D eigenvalue weighted by molar-refractivity contribution is 7.89. The molecule has 1 aromatic carbocycles. The highest BCUT2D eigenvalue weighted by Crippen LogP contribution is 2.33. The Morgan fingerprint density at radius 3 is 2.65 bits per heavy atom. The van der Waals surface area contributed by atoms with E-state index in [1.54, 1.807) is 10.4 Å². The van der Waals surface area contributed by atoms with Crippen LogP contribution in [-0.2, 0) is 16.6 Å². The Bertz CT molecular complexity index is 588. The Morgan fingerprint density at radius 1 is 1.40 bits per heavy atom. The van der Waals surface area contributed by atoms with Crippen molar-refractivity contribution in [2.45, 2.75) is 56.7 Å². The molecule has 0 saturated carbocycles. The van der Waals surface area contributed by atoms with Gasteiger partial charge >= 0.3 is 0 Å². The normalized spacial score (nSPS) is 24.2. The molecule has 0 aliphatic carbocycles. The third kappa shape index (κ3) is 2.72. The maximum Gasteiger partial charge on any atom is 0.243 e. The lowest BCUT2D eigenvalue weighted by Crippen LogP contribution is -2.39. The number of hydrogen-bond acceptors (Lipinski definition) is 3. The van der Waals surface area contributed by atoms with E-state index in [4.69, 9.17) is 16.7 Å². The fourth-order valence-electron chi connectivity index (χ4n) is 2.80. The molecular weight excluding hydrogens is 298 g/mol. The number of hydrogen-bond donors (Lipinski definition) is 1. The maximum absolute atomic E-state index is 12.8. The molecule has 2 rings (SSSR count). The van der Waals surface area contributed by atoms with Gasteiger partial charge < -0.3 is 5.11 Å². The quantitative estimate of drug-likeness (QED) is 0.929. The number of aliphatic hydroxyl groups is 1. The lowest BCUT2D eigenvalue weighted by molar-refractivity contribution is 0.282. The molecule has 0 radical (unpaired) electrons. The van der Waals surface area contributed by atoms with Crippen LogP contribution in [0.4, 0.5) is 0 Å². The zero-order chi connectivity index (χ0) is 14.9. The number of rotatable bonds is 4. The lowest BCUT2D eigenvalue weighted by Gasteiger charge is -2.27. The van der Waals surface area contributed by atoms with Crippen LogP contribution in [0.15, 0.2) is 23.1 Å². The van der Waals surface area contributed by atoms with Crippen LogP contribution in [-0.4, -0.2) is 29.9 Å². The molecule has 0 bridgehead atoms. The summed E-state index contributed by atoms with van der Waals surface area (Å²) < 4.78 is 27.2. The fourth-order valence-corrected chi connectivity index (χ4v) is 5.09. The summed E-state index contributed by atoms with van der Waals surface area (Å²) in [7, 11) is -3.53. The van der Waals surface area contributed by atoms with Gasteiger partial charge in [0, 0.05) is 17.1 Å². The Balaban J connectivity index is 2.42. The highest BCUT2D eigenvalue weighted by atomic mass is 35.5. The first-order chi connectivity index (χ1) is 9.41. The van der Waals surface area contributed by atoms with Crippen LogP contribution < -0.4 is 0 Å². The summed E-state index contributed by atoms with van der Waals surface area (Å²) in [5, 5.41) is 9.39. The van der Waals surface area contributed by atoms with Crippen molar-refractivity contribution in [1.82, 2.24) is 4.31 Å². The Labute approximate surface area is 125 Å². The van der Waals surface area contributed by atoms with Gasteiger partial charge in [0.05, 0.1) is 11.5 Å². The second-order valence-electron chi connectivity index (χ2n) is 5.23. The number of aliphatic hydroxyl groups excluding tert-OH is 1. The van der Waals surface area contributed by atoms with Crippen LogP contribution >= 0.6 is 11.6 Å². The highest BCUT2D eigenvalue weighted by Gasteiger charge is 2.39. The first kappa shape index (κ1) is 15.8. The molecule has 112 valence electrons. The summed E-state index contributed by atoms with van der Waals surface area (Å²) in [5.41, 5.74) is 0.534. The molecule has 20 heavy (non-hydrogen) atoms. The van der Waals surface area contributed by atoms with Gasteiger partial charge in [0.1, 0.15) is 0 Å². The number of sulfonamides is 1. The van der Waals surface area contributed by atoms with Gasteiger partial charge in [-0.1, -0.05) is 24.6 Å². The Hall–Kier alpha value is -0.620. The van der Waals surface area contributed by atoms with Crippen LogP contribution in [0.1, 0.15) is 38.7 Å². The number of nitrogens with zero attached hydrogens (tertiary/aromatic N) is 1. The minimum Gasteiger partial charge on any atom is -0.392 e. The predicted molar refractivity (Wildman–Crippen MR) is 79.2 cm³/mol. The second-order valence-corrected chi connectivity index (χ2v) is 7.49. The van der Waals surface area contributed by atoms with Gasteiger partial charge in [-0.25, -0.2) is 8.42 Å². The summed E-state index contributed by atoms with van der Waals surface area (Å²) in [5.74, 6) is 0. The summed E-state index contributed by atoms with van der Waals surface area (Å²) in [6.45, 7) is 3.75. The van der Waals surface area contributed by atoms with Gasteiger partial charge in [-0.2, -0.15) is 4.31 Å². The van der Waals surface area contributed by atoms with Crippen LogP contribution in [0.3, 0.4) is 0 Å². The van der Waals surface area contributed by atoms with Gasteiger partial charge in [0.2, 0.25) is 10.0 Å². The van der Waals surface area contributed by atoms with E-state index in [1.165, 1.54) is 12.1 Å². The first-order valence-electron chi connectivity index (χ1n) is 6.84. The minimum atomic E-state index is -3.53. The molecule has 0 amide bonds. The van der Waals surface area contributed by atoms with Crippen molar-refractivity contribution in [3.63, 3.8) is 0 Å². The molecule has 1 saturated heterocycles. The van der Waals surface area contributed by atoms with Gasteiger partial charge in [0.25, 0.3) is 0 Å². The fraction of sp³-hybridized carbons (Fsp3) is 0.571. The standard InChI is InChI=1S/C14H20ClNO3S/c1-3-12-6-4-10(2)16(12)20(18,19)13-7-5-11(9-17)14(15)8-13/h5,7-8,10,12,17H,3-4,6,9H2,1-2H3. The van der Waals surface area contributed by atoms with E-state index in [9.17, 15) is 8.42 Å². The van der Waals surface area contributed by atoms with Crippen LogP contribution in [0.2, 0.25) is 5.02 Å². The lowest BCUT2D eigenvalue weighted by atomic mass is 10.2. The molecule has 1 aromatic rings. The molecular formula is C14H20ClNO3S. The van der Waals surface area contributed by atoms with Crippen LogP contribution in [0.5, 0.6) is 0 Å². The van der Waals surface area contributed by atoms with Gasteiger partial charge in [0.15, 0.2) is 0 Å². The SMILES string of the molecule is CCC1CCC(C)N1S(=O)(=O)c1ccc(CO)c(Cl)c1. The molecule has 1 aliphatic rings. The smallest absolute Gasteiger partial charge is 0.243 e. The molecule has 1 fully saturated rings. The molecule has 1 heterocycles. The Morgan fingerprint density at radius 2 is 2.10 bits per heavy atom. The Kier molecular flexibility index (Phi) is 4.74. The third-order valence-electron chi connectivity index (χ3n) is 3.95. The zero-order valence-electron chi connectivity index (χ0n) is 11.7. The van der Waals surface area contributed by atoms with Crippen molar-refractivity contribution in [3.05, 3.63) is 28.8 Å². The number of halogens is 1. The third-order valence-corrected chi connectivity index (χ3v) is 6.37. The largest absolute Gasteiger partial charge is 0.392 e. The van der Waals surface area contributed by atoms with E-state index in [-0.39, 0.29) is 28.6 Å². The van der Waals surface area contributed by atoms with Crippen LogP contribution in [0.25, 0.3) is 0 Å². The summed E-state index contributed by atoms with van der Waals surface area (Å²) in [4.78, 5) is 0.201. The van der Waals surface area contributed by atoms with Gasteiger partial charge in [-0.05, 0) is 43.9 Å². The van der Waals surface area contributed by atoms with E-state index in [0.717, 1.165) is 19.3 Å². The zero-order valence-corrected chi connectivity index (χ0v) is 13.3. The second kappa shape index (κ2) is 6.02. The van der Waals surface area contributed by atoms with E-state index in [1.807, 2.05) is 13.8 Å². The molecule has 0 aromatic heterocycles. The first-order valence-corrected chi connectivity index (χ1v) is 8.66. The molecule has 6 heteroatoms. The van der Waals surface area contributed by atoms with Gasteiger partial charge in [-0.15, -0.1) is 0 Å². The molecule has 2 unspecified atom stereocenters. The average Bonchev–Trinajstić information content (AvgIpc) is 2.80. The van der Waals surface area contributed by atoms with Crippen molar-refractivity contribution in [2.24, 2.45) is 0 Å². The van der Waals surface area contributed by atoms with E-state index in [0.29, 0.717) is 5.56 Å². The maximum atomic E-state index is 12.8. The van der Waals surface area contributed by atoms with Crippen molar-refractivity contribution in [3.8, 4) is 0 Å². The van der Waals surface area contributed by atoms with Crippen molar-refractivity contribution < 1.29 is 13.5 Å². The van der Waals surface area contributed by atoms with Crippen molar-refractivity contribution in [1.29, 1.82) is 0 Å². The number of benzene rings is 1. The van der Waals surface area contributed by atoms with E-state index >= 15 is 0 Å². The monoisotopic (exact) mass is 317 g/mol. The summed E-state index contributed by atoms with van der Waals surface area (Å²) in [6.07, 6.45) is 2.60. The molecule has 2 atom stereocenters. The molecule has 4 nitrogen and oxygen atoms in total. The average molecular weight is 318 g/mol. The predicted octanol–water partition coefficient (Wildman–Crippen LogP) is 2.78. The van der Waals surface area contributed by atoms with E-state index < -0.39 is 10.0 Å². The van der Waals surface area contributed by atoms with Crippen molar-refractivity contribution >= 4 is 21.6 Å². The minimum absolute atomic E-state index is 0.0150. The van der Waals surface area contributed by atoms with E-state index in [2.05, 4.69) is 0 Å². The van der Waals surface area contributed by atoms with Crippen molar-refractivity contribution in [2.75, 3.05) is 0 Å². The molecule has 1 N–H and O–H groups in total. The summed E-state index contributed by atoms with van der Waals surface area (Å²) >= 11 is 6.01. The summed E-state index contributed by atoms with van der Waals surface area (Å²) in [6, 6.07) is 4.59. The topological polar surface area (TPSA) is 57.6 Å².